The van der Waals surface area contributed by atoms with E-state index < -0.39 is 0 Å². The first kappa shape index (κ1) is 23.0. The highest BCUT2D eigenvalue weighted by molar-refractivity contribution is 8.13. The molecule has 0 aliphatic heterocycles. The summed E-state index contributed by atoms with van der Waals surface area (Å²) in [6.45, 7) is 6.55. The summed E-state index contributed by atoms with van der Waals surface area (Å²) in [5.41, 5.74) is 5.55. The molecule has 3 aromatic rings. The fraction of sp³-hybridized carbons (Fsp3) is 0.296. The molecule has 3 rings (SSSR count). The van der Waals surface area contributed by atoms with Gasteiger partial charge in [-0.05, 0) is 65.6 Å². The molecule has 162 valence electrons. The third kappa shape index (κ3) is 6.90. The molecule has 0 aliphatic carbocycles. The SMILES string of the molecule is CCCCCOc1ccc(-c2ccc(-c3ccc(C)cc3OCSC(C)=O)cc2)cc1. The van der Waals surface area contributed by atoms with E-state index in [1.807, 2.05) is 25.1 Å². The Bertz CT molecular complexity index is 978. The van der Waals surface area contributed by atoms with Crippen molar-refractivity contribution in [2.24, 2.45) is 0 Å². The van der Waals surface area contributed by atoms with E-state index >= 15 is 0 Å². The molecule has 0 amide bonds. The van der Waals surface area contributed by atoms with Crippen molar-refractivity contribution < 1.29 is 14.3 Å². The molecule has 3 aromatic carbocycles. The maximum atomic E-state index is 11.2. The number of ether oxygens (including phenoxy) is 2. The van der Waals surface area contributed by atoms with Gasteiger partial charge in [-0.2, -0.15) is 0 Å². The highest BCUT2D eigenvalue weighted by Crippen LogP contribution is 2.33. The molecule has 0 aromatic heterocycles. The van der Waals surface area contributed by atoms with E-state index in [0.29, 0.717) is 5.94 Å². The Morgan fingerprint density at radius 1 is 0.839 bits per heavy atom. The number of carbonyl (C=O) groups is 1. The molecule has 0 N–H and O–H groups in total. The first-order valence-electron chi connectivity index (χ1n) is 10.8. The average molecular weight is 435 g/mol. The third-order valence-corrected chi connectivity index (χ3v) is 5.66. The van der Waals surface area contributed by atoms with Crippen molar-refractivity contribution in [2.75, 3.05) is 12.5 Å². The van der Waals surface area contributed by atoms with Crippen LogP contribution in [-0.2, 0) is 4.79 Å². The van der Waals surface area contributed by atoms with Gasteiger partial charge in [-0.15, -0.1) is 0 Å². The van der Waals surface area contributed by atoms with Gasteiger partial charge < -0.3 is 9.47 Å². The Hall–Kier alpha value is -2.72. The molecular formula is C27H30O3S. The molecule has 0 bridgehead atoms. The second-order valence-electron chi connectivity index (χ2n) is 7.56. The predicted octanol–water partition coefficient (Wildman–Crippen LogP) is 7.51. The summed E-state index contributed by atoms with van der Waals surface area (Å²) in [5, 5.41) is 0.0518. The van der Waals surface area contributed by atoms with Crippen molar-refractivity contribution in [3.05, 3.63) is 72.3 Å². The molecule has 0 saturated carbocycles. The van der Waals surface area contributed by atoms with E-state index in [0.717, 1.165) is 52.3 Å². The van der Waals surface area contributed by atoms with Crippen molar-refractivity contribution in [1.82, 2.24) is 0 Å². The van der Waals surface area contributed by atoms with Gasteiger partial charge in [0.15, 0.2) is 5.12 Å². The second kappa shape index (κ2) is 11.6. The van der Waals surface area contributed by atoms with Gasteiger partial charge >= 0.3 is 0 Å². The Labute approximate surface area is 189 Å². The maximum Gasteiger partial charge on any atom is 0.189 e. The van der Waals surface area contributed by atoms with Crippen molar-refractivity contribution >= 4 is 16.9 Å². The quantitative estimate of drug-likeness (QED) is 0.244. The van der Waals surface area contributed by atoms with Gasteiger partial charge in [0.1, 0.15) is 17.4 Å². The van der Waals surface area contributed by atoms with Crippen LogP contribution in [0.1, 0.15) is 38.7 Å². The van der Waals surface area contributed by atoms with Gasteiger partial charge in [0.2, 0.25) is 0 Å². The van der Waals surface area contributed by atoms with Gasteiger partial charge in [-0.1, -0.05) is 68.3 Å². The summed E-state index contributed by atoms with van der Waals surface area (Å²) in [6.07, 6.45) is 3.50. The van der Waals surface area contributed by atoms with Gasteiger partial charge in [0.05, 0.1) is 6.61 Å². The largest absolute Gasteiger partial charge is 0.494 e. The van der Waals surface area contributed by atoms with E-state index in [9.17, 15) is 4.79 Å². The predicted molar refractivity (Wildman–Crippen MR) is 131 cm³/mol. The van der Waals surface area contributed by atoms with Gasteiger partial charge in [0.25, 0.3) is 0 Å². The van der Waals surface area contributed by atoms with Crippen LogP contribution < -0.4 is 9.47 Å². The van der Waals surface area contributed by atoms with Crippen LogP contribution in [-0.4, -0.2) is 17.7 Å². The Kier molecular flexibility index (Phi) is 8.60. The molecule has 0 heterocycles. The van der Waals surface area contributed by atoms with Crippen molar-refractivity contribution in [3.63, 3.8) is 0 Å². The Morgan fingerprint density at radius 3 is 2.13 bits per heavy atom. The number of thioether (sulfide) groups is 1. The van der Waals surface area contributed by atoms with Gasteiger partial charge in [0, 0.05) is 12.5 Å². The van der Waals surface area contributed by atoms with Crippen LogP contribution in [0.4, 0.5) is 0 Å². The Morgan fingerprint density at radius 2 is 1.48 bits per heavy atom. The molecule has 0 aliphatic rings. The highest BCUT2D eigenvalue weighted by atomic mass is 32.2. The van der Waals surface area contributed by atoms with Gasteiger partial charge in [-0.3, -0.25) is 4.79 Å². The first-order chi connectivity index (χ1) is 15.1. The topological polar surface area (TPSA) is 35.5 Å². The zero-order valence-corrected chi connectivity index (χ0v) is 19.3. The molecule has 3 nitrogen and oxygen atoms in total. The summed E-state index contributed by atoms with van der Waals surface area (Å²) < 4.78 is 11.7. The second-order valence-corrected chi connectivity index (χ2v) is 8.65. The lowest BCUT2D eigenvalue weighted by atomic mass is 9.99. The summed E-state index contributed by atoms with van der Waals surface area (Å²) in [7, 11) is 0. The number of aryl methyl sites for hydroxylation is 1. The molecule has 4 heteroatoms. The fourth-order valence-corrected chi connectivity index (χ4v) is 3.64. The monoisotopic (exact) mass is 434 g/mol. The molecule has 0 saturated heterocycles. The molecule has 0 fully saturated rings. The van der Waals surface area contributed by atoms with Crippen LogP contribution >= 0.6 is 11.8 Å². The van der Waals surface area contributed by atoms with Crippen LogP contribution in [0.2, 0.25) is 0 Å². The molecule has 31 heavy (non-hydrogen) atoms. The van der Waals surface area contributed by atoms with E-state index in [4.69, 9.17) is 9.47 Å². The zero-order valence-electron chi connectivity index (χ0n) is 18.5. The number of benzene rings is 3. The number of hydrogen-bond acceptors (Lipinski definition) is 4. The van der Waals surface area contributed by atoms with Crippen LogP contribution in [0, 0.1) is 6.92 Å². The minimum Gasteiger partial charge on any atom is -0.494 e. The first-order valence-corrected chi connectivity index (χ1v) is 11.8. The van der Waals surface area contributed by atoms with Crippen LogP contribution in [0.3, 0.4) is 0 Å². The highest BCUT2D eigenvalue weighted by Gasteiger charge is 2.09. The Balaban J connectivity index is 1.71. The number of hydrogen-bond donors (Lipinski definition) is 0. The lowest BCUT2D eigenvalue weighted by molar-refractivity contribution is -0.109. The van der Waals surface area contributed by atoms with Crippen molar-refractivity contribution in [2.45, 2.75) is 40.0 Å². The molecular weight excluding hydrogens is 404 g/mol. The molecule has 0 atom stereocenters. The molecule has 0 radical (unpaired) electrons. The van der Waals surface area contributed by atoms with Crippen molar-refractivity contribution in [1.29, 1.82) is 0 Å². The van der Waals surface area contributed by atoms with Crippen LogP contribution in [0.5, 0.6) is 11.5 Å². The zero-order chi connectivity index (χ0) is 22.1. The summed E-state index contributed by atoms with van der Waals surface area (Å²) in [4.78, 5) is 11.2. The normalized spacial score (nSPS) is 10.7. The van der Waals surface area contributed by atoms with E-state index in [-0.39, 0.29) is 5.12 Å². The average Bonchev–Trinajstić information content (AvgIpc) is 2.77. The minimum absolute atomic E-state index is 0.0518. The lowest BCUT2D eigenvalue weighted by Gasteiger charge is -2.13. The van der Waals surface area contributed by atoms with E-state index in [1.165, 1.54) is 24.6 Å². The van der Waals surface area contributed by atoms with Crippen LogP contribution in [0.15, 0.2) is 66.7 Å². The van der Waals surface area contributed by atoms with Crippen molar-refractivity contribution in [3.8, 4) is 33.8 Å². The summed E-state index contributed by atoms with van der Waals surface area (Å²) in [5.74, 6) is 2.03. The molecule has 0 spiro atoms. The molecule has 0 unspecified atom stereocenters. The smallest absolute Gasteiger partial charge is 0.189 e. The standard InChI is InChI=1S/C27H30O3S/c1-4-5-6-17-29-25-14-12-23(13-15-25)22-8-10-24(11-9-22)26-16-7-20(2)18-27(26)30-19-31-21(3)28/h7-16,18H,4-6,17,19H2,1-3H3. The number of unbranched alkanes of at least 4 members (excludes halogenated alkanes) is 2. The number of carbonyl (C=O) groups excluding carboxylic acids is 1. The van der Waals surface area contributed by atoms with E-state index in [2.05, 4.69) is 55.5 Å². The number of rotatable bonds is 10. The summed E-state index contributed by atoms with van der Waals surface area (Å²) >= 11 is 1.17. The summed E-state index contributed by atoms with van der Waals surface area (Å²) in [6, 6.07) is 22.9. The van der Waals surface area contributed by atoms with E-state index in [1.54, 1.807) is 6.92 Å². The third-order valence-electron chi connectivity index (χ3n) is 5.01. The van der Waals surface area contributed by atoms with Gasteiger partial charge in [-0.25, -0.2) is 0 Å². The fourth-order valence-electron chi connectivity index (χ4n) is 3.29. The lowest BCUT2D eigenvalue weighted by Crippen LogP contribution is -1.98. The minimum atomic E-state index is 0.0518. The maximum absolute atomic E-state index is 11.2. The van der Waals surface area contributed by atoms with Crippen LogP contribution in [0.25, 0.3) is 22.3 Å².